The normalized spacial score (nSPS) is 36.3. The third-order valence-corrected chi connectivity index (χ3v) is 4.63. The van der Waals surface area contributed by atoms with Crippen molar-refractivity contribution in [2.24, 2.45) is 5.92 Å². The van der Waals surface area contributed by atoms with Crippen LogP contribution in [-0.2, 0) is 19.0 Å². The second-order valence-corrected chi connectivity index (χ2v) is 5.70. The molecule has 0 aromatic carbocycles. The Morgan fingerprint density at radius 2 is 2.00 bits per heavy atom. The molecule has 0 saturated carbocycles. The Labute approximate surface area is 114 Å². The van der Waals surface area contributed by atoms with E-state index in [-0.39, 0.29) is 30.1 Å². The van der Waals surface area contributed by atoms with E-state index in [1.54, 1.807) is 7.11 Å². The lowest BCUT2D eigenvalue weighted by atomic mass is 9.97. The number of methoxy groups -OCH3 is 1. The van der Waals surface area contributed by atoms with Crippen molar-refractivity contribution in [2.45, 2.75) is 43.9 Å². The Balaban J connectivity index is 1.70. The number of likely N-dealkylation sites (tertiary alicyclic amines) is 1. The number of amides is 1. The van der Waals surface area contributed by atoms with Gasteiger partial charge in [-0.2, -0.15) is 0 Å². The van der Waals surface area contributed by atoms with Crippen LogP contribution in [0.1, 0.15) is 25.7 Å². The Morgan fingerprint density at radius 1 is 1.21 bits per heavy atom. The molecule has 0 radical (unpaired) electrons. The molecule has 0 aromatic rings. The topological polar surface area (TPSA) is 48.0 Å². The third-order valence-electron chi connectivity index (χ3n) is 4.63. The highest BCUT2D eigenvalue weighted by molar-refractivity contribution is 5.79. The molecule has 0 aliphatic carbocycles. The van der Waals surface area contributed by atoms with Gasteiger partial charge in [-0.3, -0.25) is 4.79 Å². The second kappa shape index (κ2) is 5.77. The van der Waals surface area contributed by atoms with Crippen LogP contribution in [0.5, 0.6) is 0 Å². The molecule has 3 heterocycles. The Morgan fingerprint density at radius 3 is 2.74 bits per heavy atom. The van der Waals surface area contributed by atoms with E-state index < -0.39 is 0 Å². The molecule has 5 nitrogen and oxygen atoms in total. The first-order valence-corrected chi connectivity index (χ1v) is 7.34. The molecule has 0 aromatic heterocycles. The summed E-state index contributed by atoms with van der Waals surface area (Å²) in [5, 5.41) is 0. The summed E-state index contributed by atoms with van der Waals surface area (Å²) < 4.78 is 16.7. The van der Waals surface area contributed by atoms with Crippen LogP contribution in [0.4, 0.5) is 0 Å². The highest BCUT2D eigenvalue weighted by Gasteiger charge is 2.47. The summed E-state index contributed by atoms with van der Waals surface area (Å²) in [7, 11) is 1.71. The monoisotopic (exact) mass is 269 g/mol. The van der Waals surface area contributed by atoms with Gasteiger partial charge in [0.05, 0.1) is 6.04 Å². The summed E-state index contributed by atoms with van der Waals surface area (Å²) in [6.07, 6.45) is 3.89. The Kier molecular flexibility index (Phi) is 4.05. The van der Waals surface area contributed by atoms with Gasteiger partial charge in [-0.25, -0.2) is 0 Å². The number of hydrogen-bond donors (Lipinski definition) is 0. The molecular formula is C14H23NO4. The standard InChI is InChI=1S/C14H23NO4/c1-17-12-9-15(11-3-2-6-19-13(11)12)14(16)10-4-7-18-8-5-10/h10-13H,2-9H2,1H3/t11-,12+,13+/m1/s1. The highest BCUT2D eigenvalue weighted by Crippen LogP contribution is 2.32. The molecular weight excluding hydrogens is 246 g/mol. The molecule has 5 heteroatoms. The minimum absolute atomic E-state index is 0.0362. The van der Waals surface area contributed by atoms with Gasteiger partial charge in [0, 0.05) is 39.4 Å². The van der Waals surface area contributed by atoms with E-state index in [1.807, 2.05) is 4.90 Å². The highest BCUT2D eigenvalue weighted by atomic mass is 16.5. The Hall–Kier alpha value is -0.650. The first kappa shape index (κ1) is 13.3. The van der Waals surface area contributed by atoms with Crippen LogP contribution in [0.3, 0.4) is 0 Å². The zero-order valence-electron chi connectivity index (χ0n) is 11.5. The second-order valence-electron chi connectivity index (χ2n) is 5.70. The van der Waals surface area contributed by atoms with Crippen LogP contribution < -0.4 is 0 Å². The molecule has 108 valence electrons. The third kappa shape index (κ3) is 2.51. The fourth-order valence-electron chi connectivity index (χ4n) is 3.55. The minimum Gasteiger partial charge on any atom is -0.381 e. The van der Waals surface area contributed by atoms with Gasteiger partial charge in [-0.15, -0.1) is 0 Å². The van der Waals surface area contributed by atoms with Crippen molar-refractivity contribution in [1.82, 2.24) is 4.90 Å². The van der Waals surface area contributed by atoms with E-state index in [4.69, 9.17) is 14.2 Å². The molecule has 3 fully saturated rings. The number of ether oxygens (including phenoxy) is 3. The lowest BCUT2D eigenvalue weighted by molar-refractivity contribution is -0.142. The summed E-state index contributed by atoms with van der Waals surface area (Å²) in [6.45, 7) is 2.90. The maximum atomic E-state index is 12.7. The molecule has 19 heavy (non-hydrogen) atoms. The molecule has 3 rings (SSSR count). The van der Waals surface area contributed by atoms with Gasteiger partial charge < -0.3 is 19.1 Å². The van der Waals surface area contributed by atoms with E-state index in [0.29, 0.717) is 19.8 Å². The Bertz CT molecular complexity index is 329. The lowest BCUT2D eigenvalue weighted by Crippen LogP contribution is -2.46. The molecule has 1 amide bonds. The van der Waals surface area contributed by atoms with Gasteiger partial charge in [0.2, 0.25) is 5.91 Å². The van der Waals surface area contributed by atoms with Gasteiger partial charge >= 0.3 is 0 Å². The molecule has 3 saturated heterocycles. The number of carbonyl (C=O) groups is 1. The maximum absolute atomic E-state index is 12.7. The largest absolute Gasteiger partial charge is 0.381 e. The van der Waals surface area contributed by atoms with Crippen LogP contribution in [0.2, 0.25) is 0 Å². The molecule has 0 spiro atoms. The van der Waals surface area contributed by atoms with Gasteiger partial charge in [-0.1, -0.05) is 0 Å². The fourth-order valence-corrected chi connectivity index (χ4v) is 3.55. The predicted molar refractivity (Wildman–Crippen MR) is 68.8 cm³/mol. The molecule has 0 bridgehead atoms. The quantitative estimate of drug-likeness (QED) is 0.744. The number of rotatable bonds is 2. The van der Waals surface area contributed by atoms with Crippen LogP contribution in [0.15, 0.2) is 0 Å². The predicted octanol–water partition coefficient (Wildman–Crippen LogP) is 0.818. The molecule has 0 unspecified atom stereocenters. The number of hydrogen-bond acceptors (Lipinski definition) is 4. The van der Waals surface area contributed by atoms with Crippen molar-refractivity contribution in [3.8, 4) is 0 Å². The van der Waals surface area contributed by atoms with E-state index in [2.05, 4.69) is 0 Å². The summed E-state index contributed by atoms with van der Waals surface area (Å²) in [5.74, 6) is 0.412. The summed E-state index contributed by atoms with van der Waals surface area (Å²) in [4.78, 5) is 14.7. The average Bonchev–Trinajstić information content (AvgIpc) is 2.86. The lowest BCUT2D eigenvalue weighted by Gasteiger charge is -2.34. The first-order chi connectivity index (χ1) is 9.31. The molecule has 3 aliphatic rings. The average molecular weight is 269 g/mol. The van der Waals surface area contributed by atoms with E-state index in [9.17, 15) is 4.79 Å². The molecule has 3 aliphatic heterocycles. The van der Waals surface area contributed by atoms with E-state index in [0.717, 1.165) is 32.3 Å². The zero-order chi connectivity index (χ0) is 13.2. The van der Waals surface area contributed by atoms with Crippen LogP contribution in [0, 0.1) is 5.92 Å². The first-order valence-electron chi connectivity index (χ1n) is 7.34. The zero-order valence-corrected chi connectivity index (χ0v) is 11.5. The number of fused-ring (bicyclic) bond motifs is 1. The number of nitrogens with zero attached hydrogens (tertiary/aromatic N) is 1. The van der Waals surface area contributed by atoms with Crippen LogP contribution in [0.25, 0.3) is 0 Å². The van der Waals surface area contributed by atoms with Crippen molar-refractivity contribution in [2.75, 3.05) is 33.5 Å². The van der Waals surface area contributed by atoms with Crippen LogP contribution >= 0.6 is 0 Å². The SMILES string of the molecule is CO[C@H]1CN(C(=O)C2CCOCC2)[C@@H]2CCCO[C@H]12. The summed E-state index contributed by atoms with van der Waals surface area (Å²) >= 11 is 0. The van der Waals surface area contributed by atoms with Crippen molar-refractivity contribution in [3.63, 3.8) is 0 Å². The molecule has 0 N–H and O–H groups in total. The van der Waals surface area contributed by atoms with Gasteiger partial charge in [0.15, 0.2) is 0 Å². The smallest absolute Gasteiger partial charge is 0.226 e. The summed E-state index contributed by atoms with van der Waals surface area (Å²) in [5.41, 5.74) is 0. The summed E-state index contributed by atoms with van der Waals surface area (Å²) in [6, 6.07) is 0.217. The maximum Gasteiger partial charge on any atom is 0.226 e. The van der Waals surface area contributed by atoms with E-state index >= 15 is 0 Å². The van der Waals surface area contributed by atoms with Gasteiger partial charge in [0.1, 0.15) is 12.2 Å². The van der Waals surface area contributed by atoms with Gasteiger partial charge in [-0.05, 0) is 25.7 Å². The van der Waals surface area contributed by atoms with Gasteiger partial charge in [0.25, 0.3) is 0 Å². The minimum atomic E-state index is 0.0362. The number of carbonyl (C=O) groups excluding carboxylic acids is 1. The van der Waals surface area contributed by atoms with E-state index in [1.165, 1.54) is 0 Å². The van der Waals surface area contributed by atoms with Crippen molar-refractivity contribution in [3.05, 3.63) is 0 Å². The van der Waals surface area contributed by atoms with Crippen LogP contribution in [-0.4, -0.2) is 62.5 Å². The fraction of sp³-hybridized carbons (Fsp3) is 0.929. The molecule has 3 atom stereocenters. The van der Waals surface area contributed by atoms with Crippen molar-refractivity contribution in [1.29, 1.82) is 0 Å². The van der Waals surface area contributed by atoms with Crippen molar-refractivity contribution < 1.29 is 19.0 Å². The van der Waals surface area contributed by atoms with Crippen molar-refractivity contribution >= 4 is 5.91 Å².